The number of halogens is 4. The second-order valence-electron chi connectivity index (χ2n) is 13.2. The van der Waals surface area contributed by atoms with Gasteiger partial charge in [-0.05, 0) is 123 Å². The van der Waals surface area contributed by atoms with Gasteiger partial charge in [-0.1, -0.05) is 143 Å². The first-order chi connectivity index (χ1) is 24.5. The maximum atomic E-state index is 7.08. The van der Waals surface area contributed by atoms with E-state index in [1.54, 1.807) is 0 Å². The van der Waals surface area contributed by atoms with E-state index in [0.29, 0.717) is 0 Å². The molecule has 0 unspecified atom stereocenters. The third-order valence-electron chi connectivity index (χ3n) is 10.8. The lowest BCUT2D eigenvalue weighted by Crippen LogP contribution is -1.92. The molecule has 11 rings (SSSR count). The third kappa shape index (κ3) is 3.75. The van der Waals surface area contributed by atoms with E-state index < -0.39 is 0 Å². The van der Waals surface area contributed by atoms with E-state index in [1.165, 1.54) is 21.5 Å². The molecule has 0 N–H and O–H groups in total. The van der Waals surface area contributed by atoms with Crippen molar-refractivity contribution < 1.29 is 0 Å². The number of benzene rings is 11. The van der Waals surface area contributed by atoms with Crippen molar-refractivity contribution >= 4 is 154 Å². The SMILES string of the molecule is Clc1cc2c3cc(Cl)c4ccccc4c3c3cc4c(cc3c2c2ccccc12)c1c2ccccc2c(Cl)cc1c1cc(Cl)c2ccccc2c14. The van der Waals surface area contributed by atoms with Crippen LogP contribution in [0.4, 0.5) is 0 Å². The number of fused-ring (bicyclic) bond motifs is 20. The first kappa shape index (κ1) is 29.0. The Labute approximate surface area is 305 Å². The fourth-order valence-corrected chi connectivity index (χ4v) is 9.86. The van der Waals surface area contributed by atoms with Crippen molar-refractivity contribution in [2.24, 2.45) is 0 Å². The van der Waals surface area contributed by atoms with E-state index in [4.69, 9.17) is 46.4 Å². The lowest BCUT2D eigenvalue weighted by Gasteiger charge is -2.20. The molecule has 0 fully saturated rings. The highest BCUT2D eigenvalue weighted by Gasteiger charge is 2.21. The minimum absolute atomic E-state index is 0.722. The van der Waals surface area contributed by atoms with Crippen LogP contribution in [0.25, 0.3) is 108 Å². The average Bonchev–Trinajstić information content (AvgIpc) is 3.14. The van der Waals surface area contributed by atoms with Gasteiger partial charge in [-0.2, -0.15) is 0 Å². The summed E-state index contributed by atoms with van der Waals surface area (Å²) in [5.74, 6) is 0. The van der Waals surface area contributed by atoms with Crippen molar-refractivity contribution in [2.45, 2.75) is 0 Å². The van der Waals surface area contributed by atoms with E-state index in [0.717, 1.165) is 106 Å². The molecule has 234 valence electrons. The number of hydrogen-bond acceptors (Lipinski definition) is 0. The molecule has 50 heavy (non-hydrogen) atoms. The summed E-state index contributed by atoms with van der Waals surface area (Å²) in [6, 6.07) is 47.1. The predicted molar refractivity (Wildman–Crippen MR) is 222 cm³/mol. The molecule has 0 amide bonds. The monoisotopic (exact) mass is 714 g/mol. The molecule has 0 saturated heterocycles. The van der Waals surface area contributed by atoms with Crippen molar-refractivity contribution in [1.82, 2.24) is 0 Å². The number of rotatable bonds is 0. The van der Waals surface area contributed by atoms with Crippen LogP contribution in [-0.2, 0) is 0 Å². The van der Waals surface area contributed by atoms with Crippen molar-refractivity contribution in [1.29, 1.82) is 0 Å². The highest BCUT2D eigenvalue weighted by molar-refractivity contribution is 6.48. The molecule has 0 saturated carbocycles. The number of hydrogen-bond donors (Lipinski definition) is 0. The highest BCUT2D eigenvalue weighted by Crippen LogP contribution is 2.50. The molecule has 0 radical (unpaired) electrons. The quantitative estimate of drug-likeness (QED) is 0.108. The third-order valence-corrected chi connectivity index (χ3v) is 12.0. The second-order valence-corrected chi connectivity index (χ2v) is 14.9. The van der Waals surface area contributed by atoms with Crippen LogP contribution in [0.3, 0.4) is 0 Å². The molecule has 0 bridgehead atoms. The zero-order valence-electron chi connectivity index (χ0n) is 26.2. The van der Waals surface area contributed by atoms with E-state index in [9.17, 15) is 0 Å². The Balaban J connectivity index is 1.54. The summed E-state index contributed by atoms with van der Waals surface area (Å²) in [5.41, 5.74) is 0. The molecule has 0 heterocycles. The molecule has 0 nitrogen and oxygen atoms in total. The Morgan fingerprint density at radius 2 is 0.380 bits per heavy atom. The predicted octanol–water partition coefficient (Wildman–Crippen LogP) is 15.8. The van der Waals surface area contributed by atoms with Crippen molar-refractivity contribution in [2.75, 3.05) is 0 Å². The van der Waals surface area contributed by atoms with E-state index in [-0.39, 0.29) is 0 Å². The van der Waals surface area contributed by atoms with Gasteiger partial charge in [0.15, 0.2) is 0 Å². The largest absolute Gasteiger partial charge is 0.0836 e. The summed E-state index contributed by atoms with van der Waals surface area (Å²) in [7, 11) is 0. The lowest BCUT2D eigenvalue weighted by molar-refractivity contribution is 1.78. The molecule has 11 aromatic carbocycles. The zero-order chi connectivity index (χ0) is 33.4. The van der Waals surface area contributed by atoms with Crippen LogP contribution in [0.5, 0.6) is 0 Å². The standard InChI is InChI=1S/C46H22Cl4/c47-39-19-35-36-20-40(48)24-10-2-6-14-28(24)44(36)32-18-34-33(17-31(32)43(35)27-13-5-1-9-23(27)39)45-29-15-7-3-11-25(29)41(49)21-37(45)38-22-42(50)26-12-4-8-16-30(26)46(34)38/h1-22H. The molecule has 0 aliphatic carbocycles. The zero-order valence-corrected chi connectivity index (χ0v) is 29.2. The van der Waals surface area contributed by atoms with Crippen molar-refractivity contribution in [3.63, 3.8) is 0 Å². The van der Waals surface area contributed by atoms with Crippen molar-refractivity contribution in [3.05, 3.63) is 154 Å². The molecule has 11 aromatic rings. The van der Waals surface area contributed by atoms with Crippen LogP contribution in [0.2, 0.25) is 20.1 Å². The molecular formula is C46H22Cl4. The summed E-state index contributed by atoms with van der Waals surface area (Å²) in [5, 5.41) is 25.1. The van der Waals surface area contributed by atoms with Gasteiger partial charge in [0.1, 0.15) is 0 Å². The van der Waals surface area contributed by atoms with Gasteiger partial charge in [-0.15, -0.1) is 0 Å². The van der Waals surface area contributed by atoms with Crippen LogP contribution in [0.1, 0.15) is 0 Å². The average molecular weight is 716 g/mol. The van der Waals surface area contributed by atoms with Gasteiger partial charge in [0.25, 0.3) is 0 Å². The molecule has 0 spiro atoms. The van der Waals surface area contributed by atoms with Crippen LogP contribution >= 0.6 is 46.4 Å². The highest BCUT2D eigenvalue weighted by atomic mass is 35.5. The Morgan fingerprint density at radius 3 is 0.600 bits per heavy atom. The molecule has 4 heteroatoms. The maximum Gasteiger partial charge on any atom is 0.0491 e. The van der Waals surface area contributed by atoms with E-state index in [2.05, 4.69) is 133 Å². The van der Waals surface area contributed by atoms with Crippen LogP contribution in [0.15, 0.2) is 133 Å². The Hall–Kier alpha value is -4.82. The Morgan fingerprint density at radius 1 is 0.200 bits per heavy atom. The molecule has 0 atom stereocenters. The summed E-state index contributed by atoms with van der Waals surface area (Å²) in [6.45, 7) is 0. The summed E-state index contributed by atoms with van der Waals surface area (Å²) < 4.78 is 0. The van der Waals surface area contributed by atoms with Gasteiger partial charge in [-0.3, -0.25) is 0 Å². The van der Waals surface area contributed by atoms with Crippen LogP contribution in [0, 0.1) is 0 Å². The molecule has 0 aromatic heterocycles. The van der Waals surface area contributed by atoms with E-state index in [1.807, 2.05) is 0 Å². The van der Waals surface area contributed by atoms with E-state index >= 15 is 0 Å². The first-order valence-corrected chi connectivity index (χ1v) is 18.0. The van der Waals surface area contributed by atoms with Gasteiger partial charge in [0.2, 0.25) is 0 Å². The minimum Gasteiger partial charge on any atom is -0.0836 e. The minimum atomic E-state index is 0.722. The fourth-order valence-electron chi connectivity index (χ4n) is 8.76. The van der Waals surface area contributed by atoms with Crippen LogP contribution in [-0.4, -0.2) is 0 Å². The van der Waals surface area contributed by atoms with Gasteiger partial charge in [-0.25, -0.2) is 0 Å². The van der Waals surface area contributed by atoms with Gasteiger partial charge < -0.3 is 0 Å². The topological polar surface area (TPSA) is 0 Å². The summed E-state index contributed by atoms with van der Waals surface area (Å²) >= 11 is 28.3. The molecule has 0 aliphatic heterocycles. The van der Waals surface area contributed by atoms with Gasteiger partial charge in [0, 0.05) is 41.6 Å². The lowest BCUT2D eigenvalue weighted by atomic mass is 9.84. The second kappa shape index (κ2) is 10.4. The molecule has 0 aliphatic rings. The maximum absolute atomic E-state index is 7.08. The normalized spacial score (nSPS) is 12.4. The van der Waals surface area contributed by atoms with Gasteiger partial charge in [0.05, 0.1) is 0 Å². The first-order valence-electron chi connectivity index (χ1n) is 16.5. The Kier molecular flexibility index (Phi) is 6.00. The van der Waals surface area contributed by atoms with Crippen molar-refractivity contribution in [3.8, 4) is 0 Å². The fraction of sp³-hybridized carbons (Fsp3) is 0. The summed E-state index contributed by atoms with van der Waals surface area (Å²) in [4.78, 5) is 0. The molecular weight excluding hydrogens is 694 g/mol. The summed E-state index contributed by atoms with van der Waals surface area (Å²) in [6.07, 6.45) is 0. The van der Waals surface area contributed by atoms with Gasteiger partial charge >= 0.3 is 0 Å². The van der Waals surface area contributed by atoms with Crippen LogP contribution < -0.4 is 0 Å². The Bertz CT molecular complexity index is 2910. The smallest absolute Gasteiger partial charge is 0.0491 e.